The maximum absolute atomic E-state index is 2.33. The van der Waals surface area contributed by atoms with E-state index >= 15 is 0 Å². The fraction of sp³-hybridized carbons (Fsp3) is 1.00. The minimum atomic E-state index is 0. The second kappa shape index (κ2) is 61.8. The topological polar surface area (TPSA) is 0 Å². The Bertz CT molecular complexity index is 309. The van der Waals surface area contributed by atoms with Crippen molar-refractivity contribution in [2.75, 3.05) is 52.4 Å². The summed E-state index contributed by atoms with van der Waals surface area (Å²) in [6.45, 7) is 30.0. The van der Waals surface area contributed by atoms with Gasteiger partial charge in [0, 0.05) is 40.8 Å². The zero-order valence-corrected chi connectivity index (χ0v) is 41.1. The largest absolute Gasteiger partial charge is 1.00 e. The summed E-state index contributed by atoms with van der Waals surface area (Å²) in [7, 11) is 0. The molecule has 0 heterocycles. The van der Waals surface area contributed by atoms with Gasteiger partial charge in [0.15, 0.2) is 0 Å². The number of hydrogen-bond acceptors (Lipinski definition) is 0. The van der Waals surface area contributed by atoms with Gasteiger partial charge in [-0.1, -0.05) is 107 Å². The van der Waals surface area contributed by atoms with E-state index in [1.54, 1.807) is 0 Å². The molecule has 0 rings (SSSR count). The Hall–Kier alpha value is 3.56. The molecule has 2 radical (unpaired) electrons. The molecular weight excluding hydrogens is 1070 g/mol. The zero-order chi connectivity index (χ0) is 26.0. The molecule has 0 aliphatic carbocycles. The van der Waals surface area contributed by atoms with Gasteiger partial charge in [0.1, 0.15) is 0 Å². The van der Waals surface area contributed by atoms with E-state index in [2.05, 4.69) is 55.4 Å². The molecule has 0 atom stereocenters. The summed E-state index contributed by atoms with van der Waals surface area (Å²) in [5.74, 6) is 0. The molecule has 0 aliphatic rings. The van der Waals surface area contributed by atoms with E-state index in [0.717, 1.165) is 0 Å². The van der Waals surface area contributed by atoms with E-state index in [0.29, 0.717) is 0 Å². The Morgan fingerprint density at radius 2 is 0.318 bits per heavy atom. The molecule has 0 amide bonds. The van der Waals surface area contributed by atoms with Gasteiger partial charge in [0.05, 0.1) is 52.4 Å². The van der Waals surface area contributed by atoms with Crippen molar-refractivity contribution >= 4 is 0 Å². The van der Waals surface area contributed by atoms with Crippen molar-refractivity contribution in [1.82, 2.24) is 0 Å². The van der Waals surface area contributed by atoms with E-state index in [-0.39, 0.29) is 140 Å². The molecule has 286 valence electrons. The van der Waals surface area contributed by atoms with Gasteiger partial charge < -0.3 is 108 Å². The van der Waals surface area contributed by atoms with Crippen LogP contribution in [-0.2, 0) is 40.8 Å². The monoisotopic (exact) mass is 1140 g/mol. The first-order valence-corrected chi connectivity index (χ1v) is 16.2. The molecule has 0 fully saturated rings. The minimum absolute atomic E-state index is 0. The van der Waals surface area contributed by atoms with E-state index in [4.69, 9.17) is 0 Å². The predicted molar refractivity (Wildman–Crippen MR) is 159 cm³/mol. The van der Waals surface area contributed by atoms with Crippen LogP contribution in [0.5, 0.6) is 0 Å². The fourth-order valence-corrected chi connectivity index (χ4v) is 5.29. The number of unbranched alkanes of at least 4 members (excludes halogenated alkanes) is 8. The van der Waals surface area contributed by atoms with Crippen LogP contribution in [-0.4, -0.2) is 61.3 Å². The van der Waals surface area contributed by atoms with Gasteiger partial charge >= 0.3 is 0 Å². The minimum Gasteiger partial charge on any atom is -1.00 e. The van der Waals surface area contributed by atoms with Crippen LogP contribution < -0.4 is 99.3 Å². The van der Waals surface area contributed by atoms with Crippen molar-refractivity contribution < 1.29 is 149 Å². The molecule has 0 saturated heterocycles. The van der Waals surface area contributed by atoms with E-state index in [9.17, 15) is 0 Å². The fourth-order valence-electron chi connectivity index (χ4n) is 5.29. The van der Waals surface area contributed by atoms with Crippen LogP contribution in [0.3, 0.4) is 0 Å². The predicted octanol–water partition coefficient (Wildman–Crippen LogP) is -14.0. The molecular formula is C32H72Cl8N2Re2-6. The summed E-state index contributed by atoms with van der Waals surface area (Å²) in [5.41, 5.74) is 0. The molecule has 0 aromatic rings. The summed E-state index contributed by atoms with van der Waals surface area (Å²) in [4.78, 5) is 0. The first-order chi connectivity index (χ1) is 16.5. The van der Waals surface area contributed by atoms with Crippen LogP contribution in [0.4, 0.5) is 0 Å². The average Bonchev–Trinajstić information content (AvgIpc) is 2.87. The van der Waals surface area contributed by atoms with Crippen LogP contribution in [0, 0.1) is 0 Å². The van der Waals surface area contributed by atoms with Crippen molar-refractivity contribution in [1.29, 1.82) is 0 Å². The summed E-state index contributed by atoms with van der Waals surface area (Å²) in [6, 6.07) is 0. The van der Waals surface area contributed by atoms with Gasteiger partial charge in [-0.25, -0.2) is 0 Å². The van der Waals surface area contributed by atoms with Crippen molar-refractivity contribution in [2.24, 2.45) is 0 Å². The van der Waals surface area contributed by atoms with Gasteiger partial charge in [0.25, 0.3) is 0 Å². The van der Waals surface area contributed by atoms with Crippen LogP contribution in [0.2, 0.25) is 0 Å². The second-order valence-corrected chi connectivity index (χ2v) is 11.3. The molecule has 44 heavy (non-hydrogen) atoms. The number of rotatable bonds is 24. The standard InChI is InChI=1S/2C16H36N.8ClH.2Re/c2*1-5-9-13-17(14-10-6-2,15-11-7-3)16-12-8-4;;;;;;;;;;/h2*5-16H2,1-4H3;8*1H;;/q2*+1;;;;;;;;;;/p-8. The second-order valence-electron chi connectivity index (χ2n) is 11.3. The van der Waals surface area contributed by atoms with Crippen molar-refractivity contribution in [3.05, 3.63) is 0 Å². The molecule has 0 aromatic carbocycles. The summed E-state index contributed by atoms with van der Waals surface area (Å²) in [6.07, 6.45) is 22.1. The molecule has 0 unspecified atom stereocenters. The van der Waals surface area contributed by atoms with Crippen LogP contribution >= 0.6 is 0 Å². The number of quaternary nitrogens is 2. The number of halogens is 8. The number of hydrogen-bond donors (Lipinski definition) is 0. The first kappa shape index (κ1) is 81.5. The first-order valence-electron chi connectivity index (χ1n) is 16.2. The Balaban J connectivity index is -0.0000000379. The van der Waals surface area contributed by atoms with E-state index in [1.165, 1.54) is 164 Å². The Morgan fingerprint density at radius 1 is 0.227 bits per heavy atom. The van der Waals surface area contributed by atoms with Gasteiger partial charge in [-0.3, -0.25) is 0 Å². The maximum atomic E-state index is 2.33. The van der Waals surface area contributed by atoms with Crippen LogP contribution in [0.15, 0.2) is 0 Å². The van der Waals surface area contributed by atoms with Gasteiger partial charge in [-0.05, 0) is 51.4 Å². The molecule has 0 bridgehead atoms. The average molecular weight is 1140 g/mol. The summed E-state index contributed by atoms with van der Waals surface area (Å²) in [5, 5.41) is 0. The zero-order valence-electron chi connectivity index (χ0n) is 29.6. The third-order valence-electron chi connectivity index (χ3n) is 7.89. The van der Waals surface area contributed by atoms with E-state index < -0.39 is 0 Å². The molecule has 0 aliphatic heterocycles. The third-order valence-corrected chi connectivity index (χ3v) is 7.89. The Labute approximate surface area is 356 Å². The quantitative estimate of drug-likeness (QED) is 0.0845. The smallest absolute Gasteiger partial charge is 0.0786 e. The SMILES string of the molecule is CCCC[N+](CCCC)(CCCC)CCCC.CCCC[N+](CCCC)(CCCC)CCCC.[Cl-].[Cl-].[Cl-].[Cl-].[Cl-].[Cl-].[Cl-].[Cl-].[Re].[Re]. The normalized spacial score (nSPS) is 9.27. The van der Waals surface area contributed by atoms with Gasteiger partial charge in [-0.2, -0.15) is 0 Å². The number of nitrogens with zero attached hydrogens (tertiary/aromatic N) is 2. The molecule has 0 spiro atoms. The van der Waals surface area contributed by atoms with Crippen LogP contribution in [0.25, 0.3) is 0 Å². The molecule has 0 aromatic heterocycles. The third kappa shape index (κ3) is 47.7. The maximum Gasteiger partial charge on any atom is 0.0786 e. The van der Waals surface area contributed by atoms with Crippen molar-refractivity contribution in [3.8, 4) is 0 Å². The van der Waals surface area contributed by atoms with Crippen molar-refractivity contribution in [3.63, 3.8) is 0 Å². The van der Waals surface area contributed by atoms with E-state index in [1.807, 2.05) is 0 Å². The molecule has 0 N–H and O–H groups in total. The van der Waals surface area contributed by atoms with Gasteiger partial charge in [0.2, 0.25) is 0 Å². The van der Waals surface area contributed by atoms with Crippen LogP contribution in [0.1, 0.15) is 158 Å². The molecule has 12 heteroatoms. The molecule has 2 nitrogen and oxygen atoms in total. The summed E-state index contributed by atoms with van der Waals surface area (Å²) < 4.78 is 2.84. The van der Waals surface area contributed by atoms with Gasteiger partial charge in [-0.15, -0.1) is 0 Å². The van der Waals surface area contributed by atoms with Crippen molar-refractivity contribution in [2.45, 2.75) is 158 Å². The molecule has 0 saturated carbocycles. The Morgan fingerprint density at radius 3 is 0.386 bits per heavy atom. The Kier molecular flexibility index (Phi) is 114. The summed E-state index contributed by atoms with van der Waals surface area (Å²) >= 11 is 0.